The van der Waals surface area contributed by atoms with E-state index < -0.39 is 0 Å². The van der Waals surface area contributed by atoms with E-state index in [0.29, 0.717) is 0 Å². The van der Waals surface area contributed by atoms with Gasteiger partial charge >= 0.3 is 0 Å². The topological polar surface area (TPSA) is 16.4 Å². The number of para-hydroxylation sites is 3. The summed E-state index contributed by atoms with van der Waals surface area (Å²) in [5.41, 5.74) is 9.51. The van der Waals surface area contributed by atoms with Crippen LogP contribution in [-0.2, 0) is 0 Å². The second-order valence-electron chi connectivity index (χ2n) is 12.5. The zero-order chi connectivity index (χ0) is 32.3. The van der Waals surface area contributed by atoms with Crippen LogP contribution in [0.15, 0.2) is 180 Å². The largest absolute Gasteiger partial charge is 0.453 e. The normalized spacial score (nSPS) is 11.7. The highest BCUT2D eigenvalue weighted by atomic mass is 32.1. The second kappa shape index (κ2) is 11.2. The van der Waals surface area contributed by atoms with Gasteiger partial charge in [0.25, 0.3) is 0 Å². The molecule has 0 radical (unpaired) electrons. The van der Waals surface area contributed by atoms with Gasteiger partial charge in [-0.05, 0) is 52.2 Å². The van der Waals surface area contributed by atoms with Crippen LogP contribution < -0.4 is 4.90 Å². The zero-order valence-corrected chi connectivity index (χ0v) is 27.3. The summed E-state index contributed by atoms with van der Waals surface area (Å²) in [5.74, 6) is 0. The molecule has 2 aromatic heterocycles. The van der Waals surface area contributed by atoms with Crippen LogP contribution >= 0.6 is 11.3 Å². The van der Waals surface area contributed by atoms with E-state index >= 15 is 0 Å². The lowest BCUT2D eigenvalue weighted by Crippen LogP contribution is -2.11. The molecule has 0 atom stereocenters. The van der Waals surface area contributed by atoms with Gasteiger partial charge in [-0.3, -0.25) is 0 Å². The van der Waals surface area contributed by atoms with Crippen LogP contribution in [0.1, 0.15) is 0 Å². The van der Waals surface area contributed by atoms with Crippen molar-refractivity contribution in [2.45, 2.75) is 0 Å². The maximum absolute atomic E-state index is 6.98. The number of nitrogens with zero attached hydrogens (tertiary/aromatic N) is 1. The van der Waals surface area contributed by atoms with Crippen LogP contribution in [-0.4, -0.2) is 0 Å². The van der Waals surface area contributed by atoms with Crippen LogP contribution in [0.5, 0.6) is 0 Å². The zero-order valence-electron chi connectivity index (χ0n) is 26.5. The van der Waals surface area contributed by atoms with Gasteiger partial charge in [-0.15, -0.1) is 11.3 Å². The summed E-state index contributed by atoms with van der Waals surface area (Å²) in [6.07, 6.45) is 0. The molecular formula is C46H29NOS. The van der Waals surface area contributed by atoms with Gasteiger partial charge in [0.05, 0.1) is 11.4 Å². The van der Waals surface area contributed by atoms with Crippen molar-refractivity contribution in [3.8, 4) is 22.3 Å². The Balaban J connectivity index is 1.26. The molecular weight excluding hydrogens is 615 g/mol. The van der Waals surface area contributed by atoms with Crippen LogP contribution in [0, 0.1) is 0 Å². The van der Waals surface area contributed by atoms with Crippen molar-refractivity contribution in [2.24, 2.45) is 0 Å². The SMILES string of the molecule is c1ccc(-c2ccccc2N(c2ccc3c(c2)sc2ccc4ccccc4c23)c2cccc3c2oc2c(-c4ccccc4)cccc23)cc1. The maximum atomic E-state index is 6.98. The fourth-order valence-electron chi connectivity index (χ4n) is 7.44. The van der Waals surface area contributed by atoms with E-state index in [9.17, 15) is 0 Å². The van der Waals surface area contributed by atoms with Gasteiger partial charge in [0, 0.05) is 47.8 Å². The molecule has 0 N–H and O–H groups in total. The highest BCUT2D eigenvalue weighted by Gasteiger charge is 2.23. The number of thiophene rings is 1. The number of hydrogen-bond acceptors (Lipinski definition) is 3. The third-order valence-corrected chi connectivity index (χ3v) is 10.8. The summed E-state index contributed by atoms with van der Waals surface area (Å²) >= 11 is 1.86. The second-order valence-corrected chi connectivity index (χ2v) is 13.5. The Morgan fingerprint density at radius 2 is 1.04 bits per heavy atom. The highest BCUT2D eigenvalue weighted by Crippen LogP contribution is 2.48. The van der Waals surface area contributed by atoms with Gasteiger partial charge in [0.1, 0.15) is 5.58 Å². The van der Waals surface area contributed by atoms with Crippen molar-refractivity contribution in [3.05, 3.63) is 176 Å². The molecule has 10 aromatic rings. The third-order valence-electron chi connectivity index (χ3n) is 9.66. The maximum Gasteiger partial charge on any atom is 0.159 e. The van der Waals surface area contributed by atoms with Crippen LogP contribution in [0.4, 0.5) is 17.1 Å². The number of furan rings is 1. The van der Waals surface area contributed by atoms with Gasteiger partial charge < -0.3 is 9.32 Å². The van der Waals surface area contributed by atoms with Gasteiger partial charge in [-0.1, -0.05) is 146 Å². The Bertz CT molecular complexity index is 2830. The first-order valence-electron chi connectivity index (χ1n) is 16.6. The Hall–Kier alpha value is -6.16. The Labute approximate surface area is 287 Å². The van der Waals surface area contributed by atoms with Gasteiger partial charge in [-0.2, -0.15) is 0 Å². The summed E-state index contributed by atoms with van der Waals surface area (Å²) in [4.78, 5) is 2.39. The average Bonchev–Trinajstić information content (AvgIpc) is 3.75. The smallest absolute Gasteiger partial charge is 0.159 e. The van der Waals surface area contributed by atoms with E-state index in [-0.39, 0.29) is 0 Å². The number of hydrogen-bond donors (Lipinski definition) is 0. The molecule has 10 rings (SSSR count). The monoisotopic (exact) mass is 643 g/mol. The molecule has 0 amide bonds. The van der Waals surface area contributed by atoms with Gasteiger partial charge in [0.2, 0.25) is 0 Å². The van der Waals surface area contributed by atoms with Crippen molar-refractivity contribution >= 4 is 81.3 Å². The summed E-state index contributed by atoms with van der Waals surface area (Å²) in [5, 5.41) is 7.39. The first-order valence-corrected chi connectivity index (χ1v) is 17.4. The first-order chi connectivity index (χ1) is 24.3. The molecule has 230 valence electrons. The Morgan fingerprint density at radius 3 is 1.88 bits per heavy atom. The van der Waals surface area contributed by atoms with E-state index in [1.165, 1.54) is 36.5 Å². The lowest BCUT2D eigenvalue weighted by atomic mass is 10.0. The molecule has 2 heterocycles. The molecule has 2 nitrogen and oxygen atoms in total. The summed E-state index contributed by atoms with van der Waals surface area (Å²) in [6.45, 7) is 0. The molecule has 3 heteroatoms. The molecule has 0 aliphatic carbocycles. The van der Waals surface area contributed by atoms with Crippen LogP contribution in [0.25, 0.3) is 75.1 Å². The lowest BCUT2D eigenvalue weighted by Gasteiger charge is -2.28. The van der Waals surface area contributed by atoms with E-state index in [1.54, 1.807) is 0 Å². The van der Waals surface area contributed by atoms with Crippen LogP contribution in [0.2, 0.25) is 0 Å². The molecule has 0 aliphatic heterocycles. The van der Waals surface area contributed by atoms with Crippen molar-refractivity contribution < 1.29 is 4.42 Å². The third kappa shape index (κ3) is 4.47. The number of benzene rings is 8. The average molecular weight is 644 g/mol. The minimum absolute atomic E-state index is 0.867. The molecule has 0 bridgehead atoms. The molecule has 0 saturated heterocycles. The fourth-order valence-corrected chi connectivity index (χ4v) is 8.59. The summed E-state index contributed by atoms with van der Waals surface area (Å²) in [7, 11) is 0. The standard InChI is InChI=1S/C46H29NOS/c1-3-13-30(14-4-1)34-18-9-10-23-40(34)47(33-26-27-39-43(29-33)49-42-28-25-32-17-7-8-19-35(32)44(39)42)41-24-12-22-38-37-21-11-20-36(45(37)48-46(38)41)31-15-5-2-6-16-31/h1-29H. The molecule has 0 unspecified atom stereocenters. The van der Waals surface area contributed by atoms with Gasteiger partial charge in [0.15, 0.2) is 5.58 Å². The van der Waals surface area contributed by atoms with Crippen molar-refractivity contribution in [1.29, 1.82) is 0 Å². The van der Waals surface area contributed by atoms with Crippen molar-refractivity contribution in [3.63, 3.8) is 0 Å². The predicted octanol–water partition coefficient (Wildman–Crippen LogP) is 13.9. The van der Waals surface area contributed by atoms with E-state index in [2.05, 4.69) is 181 Å². The molecule has 0 aliphatic rings. The Morgan fingerprint density at radius 1 is 0.408 bits per heavy atom. The van der Waals surface area contributed by atoms with E-state index in [1.807, 2.05) is 11.3 Å². The highest BCUT2D eigenvalue weighted by molar-refractivity contribution is 7.26. The fraction of sp³-hybridized carbons (Fsp3) is 0. The van der Waals surface area contributed by atoms with Crippen LogP contribution in [0.3, 0.4) is 0 Å². The molecule has 0 fully saturated rings. The number of fused-ring (bicyclic) bond motifs is 8. The predicted molar refractivity (Wildman–Crippen MR) is 210 cm³/mol. The Kier molecular flexibility index (Phi) is 6.39. The number of rotatable bonds is 5. The van der Waals surface area contributed by atoms with E-state index in [0.717, 1.165) is 55.7 Å². The van der Waals surface area contributed by atoms with E-state index in [4.69, 9.17) is 4.42 Å². The van der Waals surface area contributed by atoms with Crippen molar-refractivity contribution in [1.82, 2.24) is 0 Å². The molecule has 0 spiro atoms. The van der Waals surface area contributed by atoms with Gasteiger partial charge in [-0.25, -0.2) is 0 Å². The lowest BCUT2D eigenvalue weighted by molar-refractivity contribution is 0.670. The molecule has 0 saturated carbocycles. The quantitative estimate of drug-likeness (QED) is 0.186. The van der Waals surface area contributed by atoms with Crippen molar-refractivity contribution in [2.75, 3.05) is 4.90 Å². The molecule has 49 heavy (non-hydrogen) atoms. The molecule has 8 aromatic carbocycles. The minimum atomic E-state index is 0.867. The summed E-state index contributed by atoms with van der Waals surface area (Å²) in [6, 6.07) is 63.0. The first kappa shape index (κ1) is 27.9. The number of anilines is 3. The summed E-state index contributed by atoms with van der Waals surface area (Å²) < 4.78 is 9.54. The minimum Gasteiger partial charge on any atom is -0.453 e.